The summed E-state index contributed by atoms with van der Waals surface area (Å²) in [4.78, 5) is 28.0. The summed E-state index contributed by atoms with van der Waals surface area (Å²) < 4.78 is 0. The van der Waals surface area contributed by atoms with Crippen LogP contribution in [0.3, 0.4) is 0 Å². The maximum absolute atomic E-state index is 11.9. The first-order valence-electron chi connectivity index (χ1n) is 7.00. The topological polar surface area (TPSA) is 79.3 Å². The van der Waals surface area contributed by atoms with Gasteiger partial charge in [0, 0.05) is 23.3 Å². The molecule has 2 aromatic rings. The number of anilines is 1. The molecule has 1 aromatic carbocycles. The van der Waals surface area contributed by atoms with Gasteiger partial charge >= 0.3 is 5.97 Å². The minimum atomic E-state index is -0.892. The van der Waals surface area contributed by atoms with Crippen molar-refractivity contribution in [1.82, 2.24) is 4.98 Å². The molecule has 0 saturated carbocycles. The molecule has 0 spiro atoms. The molecular formula is C16H18N2O3S. The van der Waals surface area contributed by atoms with Gasteiger partial charge in [-0.25, -0.2) is 4.98 Å². The lowest BCUT2D eigenvalue weighted by Crippen LogP contribution is -2.16. The lowest BCUT2D eigenvalue weighted by Gasteiger charge is -2.07. The predicted octanol–water partition coefficient (Wildman–Crippen LogP) is 3.56. The molecule has 0 aliphatic heterocycles. The number of carboxylic acid groups (broad SMARTS) is 1. The molecule has 2 rings (SSSR count). The first kappa shape index (κ1) is 16.2. The minimum absolute atomic E-state index is 0.0143. The van der Waals surface area contributed by atoms with Crippen molar-refractivity contribution in [2.45, 2.75) is 26.7 Å². The van der Waals surface area contributed by atoms with Gasteiger partial charge in [0.15, 0.2) is 5.13 Å². The summed E-state index contributed by atoms with van der Waals surface area (Å²) in [6, 6.07) is 9.78. The highest BCUT2D eigenvalue weighted by Gasteiger charge is 2.15. The van der Waals surface area contributed by atoms with Crippen molar-refractivity contribution in [3.8, 4) is 11.3 Å². The molecule has 22 heavy (non-hydrogen) atoms. The van der Waals surface area contributed by atoms with Gasteiger partial charge in [-0.15, -0.1) is 11.3 Å². The largest absolute Gasteiger partial charge is 0.481 e. The van der Waals surface area contributed by atoms with Crippen molar-refractivity contribution in [3.05, 3.63) is 35.2 Å². The van der Waals surface area contributed by atoms with Crippen LogP contribution < -0.4 is 5.32 Å². The number of carbonyl (C=O) groups excluding carboxylic acids is 1. The number of aliphatic carboxylic acids is 1. The van der Waals surface area contributed by atoms with Crippen molar-refractivity contribution >= 4 is 28.3 Å². The summed E-state index contributed by atoms with van der Waals surface area (Å²) in [5.74, 6) is -1.30. The summed E-state index contributed by atoms with van der Waals surface area (Å²) in [7, 11) is 0. The maximum atomic E-state index is 11.9. The summed E-state index contributed by atoms with van der Waals surface area (Å²) >= 11 is 1.42. The lowest BCUT2D eigenvalue weighted by molar-refractivity contribution is -0.138. The molecule has 116 valence electrons. The van der Waals surface area contributed by atoms with E-state index in [1.165, 1.54) is 11.3 Å². The first-order valence-corrected chi connectivity index (χ1v) is 7.82. The van der Waals surface area contributed by atoms with Gasteiger partial charge in [-0.05, 0) is 12.8 Å². The van der Waals surface area contributed by atoms with E-state index in [1.54, 1.807) is 6.92 Å². The number of benzene rings is 1. The van der Waals surface area contributed by atoms with Crippen LogP contribution in [-0.2, 0) is 9.59 Å². The van der Waals surface area contributed by atoms with E-state index in [0.29, 0.717) is 5.13 Å². The van der Waals surface area contributed by atoms with Crippen LogP contribution in [0.5, 0.6) is 0 Å². The fourth-order valence-electron chi connectivity index (χ4n) is 2.17. The zero-order chi connectivity index (χ0) is 16.1. The van der Waals surface area contributed by atoms with E-state index in [4.69, 9.17) is 5.11 Å². The van der Waals surface area contributed by atoms with Crippen LogP contribution in [-0.4, -0.2) is 22.0 Å². The molecule has 0 bridgehead atoms. The lowest BCUT2D eigenvalue weighted by atomic mass is 10.0. The van der Waals surface area contributed by atoms with E-state index >= 15 is 0 Å². The third kappa shape index (κ3) is 4.39. The molecule has 5 nitrogen and oxygen atoms in total. The fraction of sp³-hybridized carbons (Fsp3) is 0.312. The van der Waals surface area contributed by atoms with Crippen molar-refractivity contribution in [2.24, 2.45) is 5.92 Å². The maximum Gasteiger partial charge on any atom is 0.303 e. The van der Waals surface area contributed by atoms with Crippen molar-refractivity contribution in [2.75, 3.05) is 5.32 Å². The van der Waals surface area contributed by atoms with E-state index in [1.807, 2.05) is 37.3 Å². The van der Waals surface area contributed by atoms with Gasteiger partial charge in [-0.1, -0.05) is 37.3 Å². The number of nitrogens with zero attached hydrogens (tertiary/aromatic N) is 1. The van der Waals surface area contributed by atoms with Gasteiger partial charge < -0.3 is 10.4 Å². The first-order chi connectivity index (χ1) is 10.5. The zero-order valence-electron chi connectivity index (χ0n) is 12.5. The molecular weight excluding hydrogens is 300 g/mol. The van der Waals surface area contributed by atoms with Gasteiger partial charge in [0.05, 0.1) is 5.69 Å². The number of nitrogens with one attached hydrogen (secondary N) is 1. The van der Waals surface area contributed by atoms with E-state index in [9.17, 15) is 9.59 Å². The number of carbonyl (C=O) groups is 2. The van der Waals surface area contributed by atoms with E-state index < -0.39 is 5.97 Å². The Balaban J connectivity index is 2.02. The standard InChI is InChI=1S/C16H18N2O3S/c1-10(9-14(20)21)8-13(19)17-16-18-15(11(2)22-16)12-6-4-3-5-7-12/h3-7,10H,8-9H2,1-2H3,(H,20,21)(H,17,18,19)/t10-/m1/s1. The van der Waals surface area contributed by atoms with Gasteiger partial charge in [0.25, 0.3) is 0 Å². The van der Waals surface area contributed by atoms with Gasteiger partial charge in [0.1, 0.15) is 0 Å². The van der Waals surface area contributed by atoms with Gasteiger partial charge in [-0.2, -0.15) is 0 Å². The van der Waals surface area contributed by atoms with Crippen LogP contribution in [0.4, 0.5) is 5.13 Å². The van der Waals surface area contributed by atoms with Gasteiger partial charge in [-0.3, -0.25) is 9.59 Å². The summed E-state index contributed by atoms with van der Waals surface area (Å²) in [5, 5.41) is 12.0. The van der Waals surface area contributed by atoms with Crippen LogP contribution in [0.15, 0.2) is 30.3 Å². The molecule has 1 atom stereocenters. The molecule has 1 amide bonds. The SMILES string of the molecule is Cc1sc(NC(=O)C[C@@H](C)CC(=O)O)nc1-c1ccccc1. The number of rotatable bonds is 6. The van der Waals surface area contributed by atoms with Crippen molar-refractivity contribution in [1.29, 1.82) is 0 Å². The summed E-state index contributed by atoms with van der Waals surface area (Å²) in [6.07, 6.45) is 0.158. The Morgan fingerprint density at radius 2 is 1.95 bits per heavy atom. The second-order valence-electron chi connectivity index (χ2n) is 5.25. The second-order valence-corrected chi connectivity index (χ2v) is 6.45. The summed E-state index contributed by atoms with van der Waals surface area (Å²) in [5.41, 5.74) is 1.87. The monoisotopic (exact) mass is 318 g/mol. The third-order valence-electron chi connectivity index (χ3n) is 3.15. The van der Waals surface area contributed by atoms with Crippen LogP contribution in [0.25, 0.3) is 11.3 Å². The van der Waals surface area contributed by atoms with Gasteiger partial charge in [0.2, 0.25) is 5.91 Å². The highest BCUT2D eigenvalue weighted by molar-refractivity contribution is 7.16. The molecule has 0 saturated heterocycles. The number of carboxylic acids is 1. The highest BCUT2D eigenvalue weighted by Crippen LogP contribution is 2.30. The van der Waals surface area contributed by atoms with E-state index in [-0.39, 0.29) is 24.7 Å². The molecule has 0 aliphatic rings. The predicted molar refractivity (Wildman–Crippen MR) is 87.0 cm³/mol. The molecule has 0 radical (unpaired) electrons. The van der Waals surface area contributed by atoms with Crippen LogP contribution in [0.2, 0.25) is 0 Å². The minimum Gasteiger partial charge on any atom is -0.481 e. The Morgan fingerprint density at radius 1 is 1.27 bits per heavy atom. The fourth-order valence-corrected chi connectivity index (χ4v) is 3.02. The number of thiazole rings is 1. The molecule has 1 aromatic heterocycles. The molecule has 0 unspecified atom stereocenters. The normalized spacial score (nSPS) is 11.9. The quantitative estimate of drug-likeness (QED) is 0.853. The smallest absolute Gasteiger partial charge is 0.303 e. The highest BCUT2D eigenvalue weighted by atomic mass is 32.1. The molecule has 6 heteroatoms. The van der Waals surface area contributed by atoms with Crippen LogP contribution >= 0.6 is 11.3 Å². The molecule has 0 fully saturated rings. The van der Waals surface area contributed by atoms with E-state index in [2.05, 4.69) is 10.3 Å². The Kier molecular flexibility index (Phi) is 5.27. The van der Waals surface area contributed by atoms with E-state index in [0.717, 1.165) is 16.1 Å². The third-order valence-corrected chi connectivity index (χ3v) is 4.03. The van der Waals surface area contributed by atoms with Crippen LogP contribution in [0.1, 0.15) is 24.6 Å². The molecule has 1 heterocycles. The number of hydrogen-bond donors (Lipinski definition) is 2. The molecule has 0 aliphatic carbocycles. The Bertz CT molecular complexity index is 667. The average molecular weight is 318 g/mol. The van der Waals surface area contributed by atoms with Crippen molar-refractivity contribution in [3.63, 3.8) is 0 Å². The number of amides is 1. The number of aryl methyl sites for hydroxylation is 1. The number of hydrogen-bond acceptors (Lipinski definition) is 4. The second kappa shape index (κ2) is 7.17. The Hall–Kier alpha value is -2.21. The Labute approximate surface area is 133 Å². The van der Waals surface area contributed by atoms with Crippen molar-refractivity contribution < 1.29 is 14.7 Å². The van der Waals surface area contributed by atoms with Crippen LogP contribution in [0, 0.1) is 12.8 Å². The zero-order valence-corrected chi connectivity index (χ0v) is 13.3. The average Bonchev–Trinajstić information content (AvgIpc) is 2.79. The molecule has 2 N–H and O–H groups in total. The summed E-state index contributed by atoms with van der Waals surface area (Å²) in [6.45, 7) is 3.71. The number of aromatic nitrogens is 1. The Morgan fingerprint density at radius 3 is 2.59 bits per heavy atom.